The highest BCUT2D eigenvalue weighted by molar-refractivity contribution is 5.78. The van der Waals surface area contributed by atoms with Crippen LogP contribution in [0.25, 0.3) is 28.0 Å². The fraction of sp³-hybridized carbons (Fsp3) is 0.185. The number of ether oxygens (including phenoxy) is 1. The van der Waals surface area contributed by atoms with E-state index in [1.54, 1.807) is 36.4 Å². The lowest BCUT2D eigenvalue weighted by Gasteiger charge is -2.13. The van der Waals surface area contributed by atoms with Gasteiger partial charge in [-0.1, -0.05) is 48.5 Å². The Balaban J connectivity index is 1.59. The zero-order valence-corrected chi connectivity index (χ0v) is 19.5. The lowest BCUT2D eigenvalue weighted by Crippen LogP contribution is -2.39. The van der Waals surface area contributed by atoms with E-state index in [0.29, 0.717) is 34.8 Å². The second-order valence-electron chi connectivity index (χ2n) is 8.02. The molecule has 0 aliphatic rings. The van der Waals surface area contributed by atoms with Crippen molar-refractivity contribution in [1.82, 2.24) is 19.3 Å². The molecule has 2 aromatic heterocycles. The molecule has 2 heterocycles. The molecule has 0 aliphatic heterocycles. The molecule has 0 bridgehead atoms. The van der Waals surface area contributed by atoms with Gasteiger partial charge in [0.1, 0.15) is 12.3 Å². The minimum atomic E-state index is -0.476. The lowest BCUT2D eigenvalue weighted by atomic mass is 10.1. The smallest absolute Gasteiger partial charge is 0.336 e. The highest BCUT2D eigenvalue weighted by Gasteiger charge is 2.17. The molecule has 5 aromatic rings. The third kappa shape index (κ3) is 4.26. The summed E-state index contributed by atoms with van der Waals surface area (Å²) in [5.41, 5.74) is 2.03. The molecule has 8 nitrogen and oxygen atoms in total. The van der Waals surface area contributed by atoms with Crippen molar-refractivity contribution in [2.75, 3.05) is 6.61 Å². The van der Waals surface area contributed by atoms with Crippen LogP contribution in [0.4, 0.5) is 0 Å². The van der Waals surface area contributed by atoms with Crippen molar-refractivity contribution >= 4 is 10.9 Å². The molecule has 5 rings (SSSR count). The van der Waals surface area contributed by atoms with Crippen LogP contribution < -0.4 is 16.0 Å². The van der Waals surface area contributed by atoms with Gasteiger partial charge < -0.3 is 9.26 Å². The van der Waals surface area contributed by atoms with Crippen molar-refractivity contribution < 1.29 is 9.26 Å². The van der Waals surface area contributed by atoms with Crippen LogP contribution in [0, 0.1) is 0 Å². The Morgan fingerprint density at radius 1 is 0.943 bits per heavy atom. The summed E-state index contributed by atoms with van der Waals surface area (Å²) in [6, 6.07) is 21.8. The van der Waals surface area contributed by atoms with Crippen molar-refractivity contribution in [3.05, 3.63) is 105 Å². The minimum Gasteiger partial charge on any atom is -0.494 e. The lowest BCUT2D eigenvalue weighted by molar-refractivity contribution is 0.340. The second-order valence-corrected chi connectivity index (χ2v) is 8.02. The molecule has 0 saturated carbocycles. The fourth-order valence-electron chi connectivity index (χ4n) is 4.05. The molecular weight excluding hydrogens is 444 g/mol. The van der Waals surface area contributed by atoms with Crippen LogP contribution in [0.1, 0.15) is 25.3 Å². The molecule has 0 radical (unpaired) electrons. The highest BCUT2D eigenvalue weighted by atomic mass is 16.5. The first-order chi connectivity index (χ1) is 17.1. The van der Waals surface area contributed by atoms with E-state index in [-0.39, 0.29) is 18.0 Å². The summed E-state index contributed by atoms with van der Waals surface area (Å²) in [4.78, 5) is 31.3. The van der Waals surface area contributed by atoms with E-state index in [9.17, 15) is 9.59 Å². The van der Waals surface area contributed by atoms with Gasteiger partial charge in [0.05, 0.1) is 23.2 Å². The van der Waals surface area contributed by atoms with Crippen LogP contribution >= 0.6 is 0 Å². The van der Waals surface area contributed by atoms with E-state index in [2.05, 4.69) is 17.1 Å². The third-order valence-corrected chi connectivity index (χ3v) is 5.82. The Hall–Kier alpha value is -4.46. The van der Waals surface area contributed by atoms with Gasteiger partial charge in [0.15, 0.2) is 0 Å². The normalized spacial score (nSPS) is 11.1. The third-order valence-electron chi connectivity index (χ3n) is 5.82. The topological polar surface area (TPSA) is 92.2 Å². The van der Waals surface area contributed by atoms with Crippen LogP contribution in [-0.4, -0.2) is 25.9 Å². The zero-order chi connectivity index (χ0) is 24.4. The summed E-state index contributed by atoms with van der Waals surface area (Å²) >= 11 is 0. The summed E-state index contributed by atoms with van der Waals surface area (Å²) in [7, 11) is 0. The SMILES string of the molecule is CCOc1cccc(-c2noc(Cn3c(=O)n(-c4ccc(CC)cc4)c(=O)c4ccccc43)n2)c1. The molecule has 3 aromatic carbocycles. The molecule has 8 heteroatoms. The van der Waals surface area contributed by atoms with E-state index >= 15 is 0 Å². The molecule has 0 saturated heterocycles. The van der Waals surface area contributed by atoms with Gasteiger partial charge in [0, 0.05) is 5.56 Å². The fourth-order valence-corrected chi connectivity index (χ4v) is 4.05. The van der Waals surface area contributed by atoms with Gasteiger partial charge in [0.25, 0.3) is 5.56 Å². The van der Waals surface area contributed by atoms with Gasteiger partial charge in [-0.15, -0.1) is 0 Å². The van der Waals surface area contributed by atoms with Crippen molar-refractivity contribution in [3.63, 3.8) is 0 Å². The van der Waals surface area contributed by atoms with Gasteiger partial charge in [0.2, 0.25) is 11.7 Å². The number of rotatable bonds is 7. The van der Waals surface area contributed by atoms with Crippen LogP contribution in [0.2, 0.25) is 0 Å². The maximum Gasteiger partial charge on any atom is 0.336 e. The average molecular weight is 469 g/mol. The number of aromatic nitrogens is 4. The molecule has 176 valence electrons. The molecular formula is C27H24N4O4. The van der Waals surface area contributed by atoms with E-state index in [4.69, 9.17) is 9.26 Å². The first-order valence-electron chi connectivity index (χ1n) is 11.5. The van der Waals surface area contributed by atoms with Crippen molar-refractivity contribution in [2.45, 2.75) is 26.8 Å². The standard InChI is InChI=1S/C27H24N4O4/c1-3-18-12-14-20(15-13-18)31-26(32)22-10-5-6-11-23(22)30(27(31)33)17-24-28-25(29-35-24)19-8-7-9-21(16-19)34-4-2/h5-16H,3-4,17H2,1-2H3. The number of fused-ring (bicyclic) bond motifs is 1. The Morgan fingerprint density at radius 2 is 1.74 bits per heavy atom. The summed E-state index contributed by atoms with van der Waals surface area (Å²) in [6.07, 6.45) is 0.865. The number of hydrogen-bond donors (Lipinski definition) is 0. The molecule has 0 aliphatic carbocycles. The second kappa shape index (κ2) is 9.42. The highest BCUT2D eigenvalue weighted by Crippen LogP contribution is 2.22. The van der Waals surface area contributed by atoms with Gasteiger partial charge >= 0.3 is 5.69 Å². The van der Waals surface area contributed by atoms with Crippen molar-refractivity contribution in [1.29, 1.82) is 0 Å². The van der Waals surface area contributed by atoms with Gasteiger partial charge in [-0.3, -0.25) is 9.36 Å². The van der Waals surface area contributed by atoms with E-state index in [1.165, 1.54) is 9.13 Å². The molecule has 0 unspecified atom stereocenters. The molecule has 0 amide bonds. The summed E-state index contributed by atoms with van der Waals surface area (Å²) < 4.78 is 13.7. The molecule has 35 heavy (non-hydrogen) atoms. The Bertz CT molecular complexity index is 1610. The van der Waals surface area contributed by atoms with Crippen LogP contribution in [-0.2, 0) is 13.0 Å². The predicted molar refractivity (Wildman–Crippen MR) is 133 cm³/mol. The number of hydrogen-bond acceptors (Lipinski definition) is 6. The summed E-state index contributed by atoms with van der Waals surface area (Å²) in [6.45, 7) is 4.54. The Kier molecular flexibility index (Phi) is 6.01. The maximum atomic E-state index is 13.6. The quantitative estimate of drug-likeness (QED) is 0.355. The van der Waals surface area contributed by atoms with E-state index in [0.717, 1.165) is 17.5 Å². The summed E-state index contributed by atoms with van der Waals surface area (Å²) in [5.74, 6) is 1.35. The van der Waals surface area contributed by atoms with Gasteiger partial charge in [-0.2, -0.15) is 4.98 Å². The van der Waals surface area contributed by atoms with Crippen molar-refractivity contribution in [2.24, 2.45) is 0 Å². The first kappa shape index (κ1) is 22.3. The molecule has 0 fully saturated rings. The van der Waals surface area contributed by atoms with Gasteiger partial charge in [-0.25, -0.2) is 9.36 Å². The Labute approximate surface area is 201 Å². The monoisotopic (exact) mass is 468 g/mol. The zero-order valence-electron chi connectivity index (χ0n) is 19.5. The average Bonchev–Trinajstić information content (AvgIpc) is 3.36. The summed E-state index contributed by atoms with van der Waals surface area (Å²) in [5, 5.41) is 4.51. The molecule has 0 N–H and O–H groups in total. The van der Waals surface area contributed by atoms with Crippen molar-refractivity contribution in [3.8, 4) is 22.8 Å². The van der Waals surface area contributed by atoms with Gasteiger partial charge in [-0.05, 0) is 55.3 Å². The maximum absolute atomic E-state index is 13.6. The predicted octanol–water partition coefficient (Wildman–Crippen LogP) is 4.21. The van der Waals surface area contributed by atoms with Crippen LogP contribution in [0.3, 0.4) is 0 Å². The van der Waals surface area contributed by atoms with E-state index < -0.39 is 5.69 Å². The minimum absolute atomic E-state index is 0.0187. The molecule has 0 spiro atoms. The number of nitrogens with zero attached hydrogens (tertiary/aromatic N) is 4. The molecule has 0 atom stereocenters. The number of aryl methyl sites for hydroxylation is 1. The van der Waals surface area contributed by atoms with Crippen LogP contribution in [0.15, 0.2) is 86.9 Å². The van der Waals surface area contributed by atoms with Crippen LogP contribution in [0.5, 0.6) is 5.75 Å². The largest absolute Gasteiger partial charge is 0.494 e. The number of benzene rings is 3. The first-order valence-corrected chi connectivity index (χ1v) is 11.5. The number of para-hydroxylation sites is 1. The van der Waals surface area contributed by atoms with E-state index in [1.807, 2.05) is 43.3 Å². The Morgan fingerprint density at radius 3 is 2.51 bits per heavy atom.